The topological polar surface area (TPSA) is 74.9 Å². The fourth-order valence-corrected chi connectivity index (χ4v) is 3.59. The van der Waals surface area contributed by atoms with Gasteiger partial charge in [-0.3, -0.25) is 4.90 Å². The van der Waals surface area contributed by atoms with Gasteiger partial charge in [-0.25, -0.2) is 4.99 Å². The first-order valence-corrected chi connectivity index (χ1v) is 10.4. The summed E-state index contributed by atoms with van der Waals surface area (Å²) >= 11 is 0. The summed E-state index contributed by atoms with van der Waals surface area (Å²) in [5.41, 5.74) is 2.15. The van der Waals surface area contributed by atoms with Crippen molar-refractivity contribution in [2.24, 2.45) is 4.99 Å². The zero-order valence-electron chi connectivity index (χ0n) is 18.1. The number of morpholine rings is 1. The van der Waals surface area contributed by atoms with Gasteiger partial charge in [-0.2, -0.15) is 0 Å². The summed E-state index contributed by atoms with van der Waals surface area (Å²) in [6.45, 7) is 16.0. The number of nitrogens with one attached hydrogen (secondary N) is 2. The van der Waals surface area contributed by atoms with Gasteiger partial charge in [0, 0.05) is 44.7 Å². The van der Waals surface area contributed by atoms with Gasteiger partial charge in [-0.1, -0.05) is 19.0 Å². The summed E-state index contributed by atoms with van der Waals surface area (Å²) < 4.78 is 11.2. The average molecular weight is 507 g/mol. The lowest BCUT2D eigenvalue weighted by Gasteiger charge is -2.35. The molecule has 1 aliphatic heterocycles. The van der Waals surface area contributed by atoms with Gasteiger partial charge in [0.15, 0.2) is 5.96 Å². The van der Waals surface area contributed by atoms with Crippen molar-refractivity contribution in [1.82, 2.24) is 20.7 Å². The lowest BCUT2D eigenvalue weighted by Crippen LogP contribution is -2.46. The summed E-state index contributed by atoms with van der Waals surface area (Å²) in [4.78, 5) is 7.23. The Labute approximate surface area is 187 Å². The maximum absolute atomic E-state index is 5.80. The van der Waals surface area contributed by atoms with E-state index in [2.05, 4.69) is 55.3 Å². The molecular weight excluding hydrogens is 469 g/mol. The monoisotopic (exact) mass is 507 g/mol. The molecule has 1 aliphatic rings. The Balaban J connectivity index is 0.00000392. The molecule has 0 bridgehead atoms. The van der Waals surface area contributed by atoms with E-state index in [1.54, 1.807) is 0 Å². The third-order valence-corrected chi connectivity index (χ3v) is 4.79. The Morgan fingerprint density at radius 2 is 1.86 bits per heavy atom. The summed E-state index contributed by atoms with van der Waals surface area (Å²) in [6, 6.07) is 0. The number of hydrogen-bond donors (Lipinski definition) is 2. The van der Waals surface area contributed by atoms with Crippen molar-refractivity contribution in [1.29, 1.82) is 0 Å². The number of aliphatic imine (C=N–C) groups is 1. The number of guanidine groups is 1. The first kappa shape index (κ1) is 25.2. The van der Waals surface area contributed by atoms with E-state index in [-0.39, 0.29) is 24.0 Å². The molecule has 2 N–H and O–H groups in total. The molecule has 1 saturated heterocycles. The second kappa shape index (κ2) is 13.4. The van der Waals surface area contributed by atoms with Crippen molar-refractivity contribution < 1.29 is 9.26 Å². The van der Waals surface area contributed by atoms with Gasteiger partial charge >= 0.3 is 0 Å². The van der Waals surface area contributed by atoms with Crippen molar-refractivity contribution in [3.8, 4) is 0 Å². The first-order valence-electron chi connectivity index (χ1n) is 10.4. The van der Waals surface area contributed by atoms with Crippen LogP contribution in [0.2, 0.25) is 0 Å². The summed E-state index contributed by atoms with van der Waals surface area (Å²) in [5.74, 6) is 1.80. The second-order valence-electron chi connectivity index (χ2n) is 7.23. The molecule has 0 spiro atoms. The molecule has 1 aromatic rings. The SMILES string of the molecule is CCNC(=NCc1c(CC)noc1CC)NCCCN1CC(C)OC(C)C1.I. The van der Waals surface area contributed by atoms with E-state index in [4.69, 9.17) is 14.3 Å². The van der Waals surface area contributed by atoms with Crippen LogP contribution in [0, 0.1) is 0 Å². The van der Waals surface area contributed by atoms with E-state index in [0.717, 1.165) is 75.0 Å². The number of aryl methyl sites for hydroxylation is 2. The summed E-state index contributed by atoms with van der Waals surface area (Å²) in [7, 11) is 0. The van der Waals surface area contributed by atoms with Crippen LogP contribution in [-0.4, -0.2) is 60.9 Å². The number of ether oxygens (including phenoxy) is 1. The minimum atomic E-state index is 0. The Morgan fingerprint density at radius 3 is 2.46 bits per heavy atom. The van der Waals surface area contributed by atoms with Gasteiger partial charge in [0.2, 0.25) is 0 Å². The molecule has 0 aromatic carbocycles. The van der Waals surface area contributed by atoms with Crippen molar-refractivity contribution in [2.75, 3.05) is 32.7 Å². The van der Waals surface area contributed by atoms with Crippen LogP contribution < -0.4 is 10.6 Å². The largest absolute Gasteiger partial charge is 0.373 e. The highest BCUT2D eigenvalue weighted by atomic mass is 127. The first-order chi connectivity index (χ1) is 13.1. The van der Waals surface area contributed by atoms with Gasteiger partial charge in [-0.05, 0) is 33.6 Å². The number of halogens is 1. The Kier molecular flexibility index (Phi) is 12.0. The highest BCUT2D eigenvalue weighted by Gasteiger charge is 2.21. The highest BCUT2D eigenvalue weighted by molar-refractivity contribution is 14.0. The predicted octanol–water partition coefficient (Wildman–Crippen LogP) is 2.97. The van der Waals surface area contributed by atoms with Crippen LogP contribution in [0.5, 0.6) is 0 Å². The number of aromatic nitrogens is 1. The molecule has 0 saturated carbocycles. The molecule has 162 valence electrons. The Hall–Kier alpha value is -0.870. The molecule has 2 heterocycles. The van der Waals surface area contributed by atoms with Crippen LogP contribution in [-0.2, 0) is 24.1 Å². The normalized spacial score (nSPS) is 20.7. The zero-order chi connectivity index (χ0) is 19.6. The van der Waals surface area contributed by atoms with Crippen LogP contribution in [0.25, 0.3) is 0 Å². The molecule has 28 heavy (non-hydrogen) atoms. The van der Waals surface area contributed by atoms with Crippen molar-refractivity contribution in [2.45, 2.75) is 72.6 Å². The van der Waals surface area contributed by atoms with Crippen LogP contribution in [0.1, 0.15) is 58.1 Å². The van der Waals surface area contributed by atoms with E-state index < -0.39 is 0 Å². The van der Waals surface area contributed by atoms with Crippen molar-refractivity contribution in [3.05, 3.63) is 17.0 Å². The summed E-state index contributed by atoms with van der Waals surface area (Å²) in [5, 5.41) is 10.9. The molecular formula is C20H38IN5O2. The van der Waals surface area contributed by atoms with E-state index in [1.165, 1.54) is 0 Å². The van der Waals surface area contributed by atoms with Crippen LogP contribution in [0.4, 0.5) is 0 Å². The number of hydrogen-bond acceptors (Lipinski definition) is 5. The molecule has 1 aromatic heterocycles. The van der Waals surface area contributed by atoms with Crippen LogP contribution >= 0.6 is 24.0 Å². The standard InChI is InChI=1S/C20H37N5O2.HI/c1-6-18-17(19(7-2)27-24-18)12-23-20(21-8-3)22-10-9-11-25-13-15(4)26-16(5)14-25;/h15-16H,6-14H2,1-5H3,(H2,21,22,23);1H. The van der Waals surface area contributed by atoms with Gasteiger partial charge in [0.05, 0.1) is 24.4 Å². The van der Waals surface area contributed by atoms with E-state index in [1.807, 2.05) is 0 Å². The maximum Gasteiger partial charge on any atom is 0.191 e. The van der Waals surface area contributed by atoms with E-state index in [9.17, 15) is 0 Å². The van der Waals surface area contributed by atoms with Gasteiger partial charge in [0.25, 0.3) is 0 Å². The van der Waals surface area contributed by atoms with Crippen molar-refractivity contribution in [3.63, 3.8) is 0 Å². The minimum absolute atomic E-state index is 0. The molecule has 8 heteroatoms. The zero-order valence-corrected chi connectivity index (χ0v) is 20.4. The van der Waals surface area contributed by atoms with Crippen LogP contribution in [0.3, 0.4) is 0 Å². The van der Waals surface area contributed by atoms with E-state index in [0.29, 0.717) is 18.8 Å². The Morgan fingerprint density at radius 1 is 1.14 bits per heavy atom. The van der Waals surface area contributed by atoms with E-state index >= 15 is 0 Å². The molecule has 0 aliphatic carbocycles. The lowest BCUT2D eigenvalue weighted by molar-refractivity contribution is -0.0679. The van der Waals surface area contributed by atoms with Gasteiger partial charge in [-0.15, -0.1) is 24.0 Å². The number of nitrogens with zero attached hydrogens (tertiary/aromatic N) is 3. The lowest BCUT2D eigenvalue weighted by atomic mass is 10.1. The average Bonchev–Trinajstić information content (AvgIpc) is 3.04. The van der Waals surface area contributed by atoms with Gasteiger partial charge < -0.3 is 19.9 Å². The fraction of sp³-hybridized carbons (Fsp3) is 0.800. The van der Waals surface area contributed by atoms with Gasteiger partial charge in [0.1, 0.15) is 5.76 Å². The highest BCUT2D eigenvalue weighted by Crippen LogP contribution is 2.16. The molecule has 1 fully saturated rings. The molecule has 2 rings (SSSR count). The molecule has 0 amide bonds. The van der Waals surface area contributed by atoms with Crippen LogP contribution in [0.15, 0.2) is 9.52 Å². The van der Waals surface area contributed by atoms with Crippen molar-refractivity contribution >= 4 is 29.9 Å². The summed E-state index contributed by atoms with van der Waals surface area (Å²) in [6.07, 6.45) is 3.44. The molecule has 2 unspecified atom stereocenters. The maximum atomic E-state index is 5.80. The molecule has 0 radical (unpaired) electrons. The smallest absolute Gasteiger partial charge is 0.191 e. The fourth-order valence-electron chi connectivity index (χ4n) is 3.59. The Bertz CT molecular complexity index is 562. The predicted molar refractivity (Wildman–Crippen MR) is 125 cm³/mol. The third-order valence-electron chi connectivity index (χ3n) is 4.79. The quantitative estimate of drug-likeness (QED) is 0.232. The third kappa shape index (κ3) is 7.87. The second-order valence-corrected chi connectivity index (χ2v) is 7.23. The number of rotatable bonds is 9. The molecule has 2 atom stereocenters. The molecule has 7 nitrogen and oxygen atoms in total. The minimum Gasteiger partial charge on any atom is -0.373 e.